The molecule has 0 bridgehead atoms. The van der Waals surface area contributed by atoms with Crippen LogP contribution in [0.3, 0.4) is 0 Å². The topological polar surface area (TPSA) is 60.2 Å². The van der Waals surface area contributed by atoms with Crippen LogP contribution in [0.2, 0.25) is 0 Å². The van der Waals surface area contributed by atoms with Crippen molar-refractivity contribution in [1.29, 1.82) is 0 Å². The molecule has 106 valence electrons. The maximum Gasteiger partial charge on any atom is 0.137 e. The third-order valence-electron chi connectivity index (χ3n) is 3.73. The Morgan fingerprint density at radius 3 is 2.80 bits per heavy atom. The molecule has 0 amide bonds. The summed E-state index contributed by atoms with van der Waals surface area (Å²) in [7, 11) is 0. The third kappa shape index (κ3) is 2.44. The van der Waals surface area contributed by atoms with Gasteiger partial charge in [0.05, 0.1) is 13.2 Å². The van der Waals surface area contributed by atoms with Gasteiger partial charge in [0.2, 0.25) is 0 Å². The highest BCUT2D eigenvalue weighted by Gasteiger charge is 2.42. The molecule has 0 radical (unpaired) electrons. The standard InChI is InChI=1S/C14H16FN3O2/c15-13-3-1-12(2-4-13)14(5-11(6-19)7-20-14)8-18-10-16-9-17-18/h1-4,9-11,19H,5-8H2/t11-,14+/m1/s1. The zero-order valence-corrected chi connectivity index (χ0v) is 10.9. The molecule has 1 aliphatic rings. The molecular weight excluding hydrogens is 261 g/mol. The van der Waals surface area contributed by atoms with Crippen molar-refractivity contribution >= 4 is 0 Å². The maximum atomic E-state index is 13.1. The van der Waals surface area contributed by atoms with Crippen molar-refractivity contribution in [3.05, 3.63) is 48.3 Å². The minimum atomic E-state index is -0.588. The fourth-order valence-corrected chi connectivity index (χ4v) is 2.71. The van der Waals surface area contributed by atoms with Crippen molar-refractivity contribution in [3.63, 3.8) is 0 Å². The van der Waals surface area contributed by atoms with Crippen molar-refractivity contribution in [2.45, 2.75) is 18.6 Å². The molecule has 1 fully saturated rings. The average molecular weight is 277 g/mol. The van der Waals surface area contributed by atoms with Crippen molar-refractivity contribution in [2.24, 2.45) is 5.92 Å². The van der Waals surface area contributed by atoms with E-state index in [-0.39, 0.29) is 18.3 Å². The molecule has 2 atom stereocenters. The number of benzene rings is 1. The van der Waals surface area contributed by atoms with Crippen LogP contribution in [0.15, 0.2) is 36.9 Å². The molecule has 6 heteroatoms. The Labute approximate surface area is 116 Å². The average Bonchev–Trinajstić information content (AvgIpc) is 3.10. The van der Waals surface area contributed by atoms with Crippen molar-refractivity contribution < 1.29 is 14.2 Å². The summed E-state index contributed by atoms with van der Waals surface area (Å²) < 4.78 is 20.8. The first kappa shape index (κ1) is 13.2. The van der Waals surface area contributed by atoms with Gasteiger partial charge < -0.3 is 9.84 Å². The molecule has 5 nitrogen and oxygen atoms in total. The molecular formula is C14H16FN3O2. The second kappa shape index (κ2) is 5.30. The number of nitrogens with zero attached hydrogens (tertiary/aromatic N) is 3. The van der Waals surface area contributed by atoms with Crippen molar-refractivity contribution in [2.75, 3.05) is 13.2 Å². The fraction of sp³-hybridized carbons (Fsp3) is 0.429. The lowest BCUT2D eigenvalue weighted by molar-refractivity contribution is -0.0181. The lowest BCUT2D eigenvalue weighted by Crippen LogP contribution is -2.31. The molecule has 0 saturated carbocycles. The van der Waals surface area contributed by atoms with Gasteiger partial charge in [-0.3, -0.25) is 0 Å². The summed E-state index contributed by atoms with van der Waals surface area (Å²) in [5, 5.41) is 13.4. The predicted octanol–water partition coefficient (Wildman–Crippen LogP) is 1.34. The summed E-state index contributed by atoms with van der Waals surface area (Å²) in [6.45, 7) is 1.07. The van der Waals surface area contributed by atoms with Crippen molar-refractivity contribution in [3.8, 4) is 0 Å². The number of hydrogen-bond acceptors (Lipinski definition) is 4. The van der Waals surface area contributed by atoms with Crippen LogP contribution in [0.25, 0.3) is 0 Å². The summed E-state index contributed by atoms with van der Waals surface area (Å²) in [6.07, 6.45) is 3.77. The van der Waals surface area contributed by atoms with Gasteiger partial charge in [0.1, 0.15) is 24.1 Å². The van der Waals surface area contributed by atoms with Gasteiger partial charge in [-0.2, -0.15) is 5.10 Å². The van der Waals surface area contributed by atoms with E-state index in [1.807, 2.05) is 0 Å². The lowest BCUT2D eigenvalue weighted by Gasteiger charge is -2.29. The maximum absolute atomic E-state index is 13.1. The van der Waals surface area contributed by atoms with Gasteiger partial charge in [0.25, 0.3) is 0 Å². The van der Waals surface area contributed by atoms with E-state index in [0.29, 0.717) is 19.6 Å². The molecule has 3 rings (SSSR count). The smallest absolute Gasteiger partial charge is 0.137 e. The van der Waals surface area contributed by atoms with Gasteiger partial charge in [-0.05, 0) is 24.1 Å². The van der Waals surface area contributed by atoms with Gasteiger partial charge in [0, 0.05) is 12.5 Å². The molecule has 0 aliphatic carbocycles. The van der Waals surface area contributed by atoms with Crippen LogP contribution in [0, 0.1) is 11.7 Å². The first-order chi connectivity index (χ1) is 9.72. The van der Waals surface area contributed by atoms with E-state index in [1.54, 1.807) is 23.1 Å². The largest absolute Gasteiger partial charge is 0.396 e. The number of aromatic nitrogens is 3. The third-order valence-corrected chi connectivity index (χ3v) is 3.73. The van der Waals surface area contributed by atoms with Gasteiger partial charge in [-0.1, -0.05) is 12.1 Å². The molecule has 2 heterocycles. The van der Waals surface area contributed by atoms with Crippen LogP contribution in [-0.2, 0) is 16.9 Å². The lowest BCUT2D eigenvalue weighted by atomic mass is 9.87. The summed E-state index contributed by atoms with van der Waals surface area (Å²) in [6, 6.07) is 6.31. The zero-order valence-electron chi connectivity index (χ0n) is 10.9. The Morgan fingerprint density at radius 2 is 2.20 bits per heavy atom. The van der Waals surface area contributed by atoms with Crippen LogP contribution in [-0.4, -0.2) is 33.1 Å². The van der Waals surface area contributed by atoms with Gasteiger partial charge in [0.15, 0.2) is 0 Å². The molecule has 1 aromatic heterocycles. The van der Waals surface area contributed by atoms with E-state index in [9.17, 15) is 9.50 Å². The monoisotopic (exact) mass is 277 g/mol. The zero-order chi connectivity index (χ0) is 14.0. The second-order valence-corrected chi connectivity index (χ2v) is 5.16. The predicted molar refractivity (Wildman–Crippen MR) is 69.2 cm³/mol. The Bertz CT molecular complexity index is 558. The van der Waals surface area contributed by atoms with Crippen LogP contribution in [0.1, 0.15) is 12.0 Å². The van der Waals surface area contributed by atoms with Crippen LogP contribution >= 0.6 is 0 Å². The Hall–Kier alpha value is -1.79. The van der Waals surface area contributed by atoms with Gasteiger partial charge in [-0.15, -0.1) is 0 Å². The van der Waals surface area contributed by atoms with E-state index >= 15 is 0 Å². The highest BCUT2D eigenvalue weighted by Crippen LogP contribution is 2.40. The van der Waals surface area contributed by atoms with E-state index in [4.69, 9.17) is 4.74 Å². The van der Waals surface area contributed by atoms with Gasteiger partial charge >= 0.3 is 0 Å². The van der Waals surface area contributed by atoms with E-state index in [0.717, 1.165) is 5.56 Å². The summed E-state index contributed by atoms with van der Waals surface area (Å²) in [5.74, 6) is -0.190. The first-order valence-electron chi connectivity index (χ1n) is 6.55. The Kier molecular flexibility index (Phi) is 3.50. The Balaban J connectivity index is 1.93. The number of aliphatic hydroxyl groups is 1. The number of hydrogen-bond donors (Lipinski definition) is 1. The number of aliphatic hydroxyl groups excluding tert-OH is 1. The van der Waals surface area contributed by atoms with Gasteiger partial charge in [-0.25, -0.2) is 14.1 Å². The molecule has 1 aliphatic heterocycles. The number of rotatable bonds is 4. The molecule has 0 unspecified atom stereocenters. The SMILES string of the molecule is OC[C@@H]1CO[C@@](Cn2cncn2)(c2ccc(F)cc2)C1. The summed E-state index contributed by atoms with van der Waals surface area (Å²) in [5.41, 5.74) is 0.305. The highest BCUT2D eigenvalue weighted by atomic mass is 19.1. The molecule has 1 saturated heterocycles. The first-order valence-corrected chi connectivity index (χ1v) is 6.55. The van der Waals surface area contributed by atoms with E-state index < -0.39 is 5.60 Å². The molecule has 2 aromatic rings. The minimum absolute atomic E-state index is 0.0836. The summed E-state index contributed by atoms with van der Waals surface area (Å²) in [4.78, 5) is 3.93. The van der Waals surface area contributed by atoms with Crippen LogP contribution < -0.4 is 0 Å². The van der Waals surface area contributed by atoms with Crippen molar-refractivity contribution in [1.82, 2.24) is 14.8 Å². The highest BCUT2D eigenvalue weighted by molar-refractivity contribution is 5.24. The second-order valence-electron chi connectivity index (χ2n) is 5.16. The van der Waals surface area contributed by atoms with Crippen LogP contribution in [0.5, 0.6) is 0 Å². The quantitative estimate of drug-likeness (QED) is 0.916. The normalized spacial score (nSPS) is 26.0. The minimum Gasteiger partial charge on any atom is -0.396 e. The number of ether oxygens (including phenoxy) is 1. The fourth-order valence-electron chi connectivity index (χ4n) is 2.71. The number of halogens is 1. The Morgan fingerprint density at radius 1 is 1.40 bits per heavy atom. The molecule has 1 aromatic carbocycles. The summed E-state index contributed by atoms with van der Waals surface area (Å²) >= 11 is 0. The molecule has 1 N–H and O–H groups in total. The van der Waals surface area contributed by atoms with E-state index in [2.05, 4.69) is 10.1 Å². The van der Waals surface area contributed by atoms with E-state index in [1.165, 1.54) is 18.5 Å². The molecule has 0 spiro atoms. The molecule has 20 heavy (non-hydrogen) atoms. The van der Waals surface area contributed by atoms with Crippen LogP contribution in [0.4, 0.5) is 4.39 Å².